The van der Waals surface area contributed by atoms with Crippen molar-refractivity contribution in [2.45, 2.75) is 0 Å². The molecule has 0 unspecified atom stereocenters. The van der Waals surface area contributed by atoms with Gasteiger partial charge in [-0.05, 0) is 45.8 Å². The van der Waals surface area contributed by atoms with E-state index in [1.165, 1.54) is 19.2 Å². The lowest BCUT2D eigenvalue weighted by atomic mass is 10.0. The van der Waals surface area contributed by atoms with Crippen molar-refractivity contribution in [1.82, 2.24) is 0 Å². The Morgan fingerprint density at radius 3 is 2.50 bits per heavy atom. The second-order valence-electron chi connectivity index (χ2n) is 4.41. The quantitative estimate of drug-likeness (QED) is 0.586. The first-order valence-corrected chi connectivity index (χ1v) is 7.17. The highest BCUT2D eigenvalue weighted by Gasteiger charge is 2.10. The molecule has 0 atom stereocenters. The molecular weight excluding hydrogens is 349 g/mol. The van der Waals surface area contributed by atoms with Crippen molar-refractivity contribution in [1.29, 1.82) is 5.26 Å². The Morgan fingerprint density at radius 2 is 1.91 bits per heavy atom. The van der Waals surface area contributed by atoms with Crippen LogP contribution in [-0.2, 0) is 0 Å². The number of rotatable bonds is 4. The minimum absolute atomic E-state index is 0.342. The maximum Gasteiger partial charge on any atom is 0.136 e. The Hall–Kier alpha value is -2.32. The molecule has 0 spiro atoms. The van der Waals surface area contributed by atoms with Gasteiger partial charge in [0.25, 0.3) is 0 Å². The molecule has 0 bridgehead atoms. The second-order valence-corrected chi connectivity index (χ2v) is 5.26. The largest absolute Gasteiger partial charge is 0.496 e. The fourth-order valence-corrected chi connectivity index (χ4v) is 2.51. The first kappa shape index (κ1) is 16.1. The van der Waals surface area contributed by atoms with Crippen LogP contribution in [0.3, 0.4) is 0 Å². The van der Waals surface area contributed by atoms with Gasteiger partial charge in [-0.2, -0.15) is 5.26 Å². The lowest BCUT2D eigenvalue weighted by Crippen LogP contribution is -1.92. The number of nitrogens with zero attached hydrogens (tertiary/aromatic N) is 1. The van der Waals surface area contributed by atoms with Crippen LogP contribution in [0.25, 0.3) is 11.6 Å². The molecule has 0 radical (unpaired) electrons. The molecular formula is C17H13BrFNO2. The van der Waals surface area contributed by atoms with Gasteiger partial charge in [0.1, 0.15) is 17.3 Å². The van der Waals surface area contributed by atoms with Crippen LogP contribution in [0.1, 0.15) is 11.1 Å². The number of allylic oxidation sites excluding steroid dienone is 1. The van der Waals surface area contributed by atoms with E-state index in [1.54, 1.807) is 37.5 Å². The van der Waals surface area contributed by atoms with Crippen LogP contribution < -0.4 is 9.47 Å². The molecule has 2 aromatic carbocycles. The van der Waals surface area contributed by atoms with Crippen molar-refractivity contribution < 1.29 is 13.9 Å². The van der Waals surface area contributed by atoms with E-state index < -0.39 is 0 Å². The van der Waals surface area contributed by atoms with Gasteiger partial charge < -0.3 is 9.47 Å². The molecule has 0 aliphatic heterocycles. The predicted octanol–water partition coefficient (Wildman–Crippen LogP) is 4.67. The summed E-state index contributed by atoms with van der Waals surface area (Å²) in [5, 5.41) is 9.35. The summed E-state index contributed by atoms with van der Waals surface area (Å²) in [5.74, 6) is 0.795. The number of halogens is 2. The van der Waals surface area contributed by atoms with Gasteiger partial charge >= 0.3 is 0 Å². The normalized spacial score (nSPS) is 11.0. The SMILES string of the molecule is COc1cc(OC)c(/C=C(/C#N)c2cccc(F)c2)cc1Br. The standard InChI is InChI=1S/C17H13BrFNO2/c1-21-16-9-17(22-2)15(18)8-12(16)6-13(10-20)11-4-3-5-14(19)7-11/h3-9H,1-2H3/b13-6-. The summed E-state index contributed by atoms with van der Waals surface area (Å²) < 4.78 is 24.6. The molecule has 0 amide bonds. The Morgan fingerprint density at radius 1 is 1.18 bits per heavy atom. The average molecular weight is 362 g/mol. The molecule has 0 aliphatic rings. The molecule has 0 saturated heterocycles. The lowest BCUT2D eigenvalue weighted by Gasteiger charge is -2.10. The lowest BCUT2D eigenvalue weighted by molar-refractivity contribution is 0.392. The molecule has 5 heteroatoms. The number of benzene rings is 2. The molecule has 112 valence electrons. The van der Waals surface area contributed by atoms with Crippen LogP contribution in [0.4, 0.5) is 4.39 Å². The fourth-order valence-electron chi connectivity index (χ4n) is 1.99. The monoisotopic (exact) mass is 361 g/mol. The summed E-state index contributed by atoms with van der Waals surface area (Å²) in [4.78, 5) is 0. The van der Waals surface area contributed by atoms with Gasteiger partial charge in [0.2, 0.25) is 0 Å². The zero-order chi connectivity index (χ0) is 16.1. The average Bonchev–Trinajstić information content (AvgIpc) is 2.52. The number of methoxy groups -OCH3 is 2. The van der Waals surface area contributed by atoms with Gasteiger partial charge in [-0.15, -0.1) is 0 Å². The Labute approximate surface area is 136 Å². The Balaban J connectivity index is 2.55. The highest BCUT2D eigenvalue weighted by atomic mass is 79.9. The third-order valence-corrected chi connectivity index (χ3v) is 3.68. The van der Waals surface area contributed by atoms with Crippen molar-refractivity contribution in [2.24, 2.45) is 0 Å². The molecule has 3 nitrogen and oxygen atoms in total. The van der Waals surface area contributed by atoms with Gasteiger partial charge in [0.15, 0.2) is 0 Å². The molecule has 0 N–H and O–H groups in total. The van der Waals surface area contributed by atoms with Crippen molar-refractivity contribution >= 4 is 27.6 Å². The Kier molecular flexibility index (Phi) is 5.18. The third-order valence-electron chi connectivity index (χ3n) is 3.06. The second kappa shape index (κ2) is 7.10. The predicted molar refractivity (Wildman–Crippen MR) is 87.1 cm³/mol. The maximum absolute atomic E-state index is 13.3. The van der Waals surface area contributed by atoms with Crippen molar-refractivity contribution in [3.8, 4) is 17.6 Å². The summed E-state index contributed by atoms with van der Waals surface area (Å²) in [6.45, 7) is 0. The molecule has 0 heterocycles. The maximum atomic E-state index is 13.3. The van der Waals surface area contributed by atoms with Crippen molar-refractivity contribution in [2.75, 3.05) is 14.2 Å². The van der Waals surface area contributed by atoms with Gasteiger partial charge in [0.05, 0.1) is 30.3 Å². The van der Waals surface area contributed by atoms with Gasteiger partial charge in [-0.3, -0.25) is 0 Å². The number of ether oxygens (including phenoxy) is 2. The van der Waals surface area contributed by atoms with E-state index in [4.69, 9.17) is 9.47 Å². The van der Waals surface area contributed by atoms with E-state index in [2.05, 4.69) is 22.0 Å². The van der Waals surface area contributed by atoms with E-state index in [0.29, 0.717) is 28.2 Å². The number of hydrogen-bond acceptors (Lipinski definition) is 3. The van der Waals surface area contributed by atoms with Crippen LogP contribution >= 0.6 is 15.9 Å². The Bertz CT molecular complexity index is 766. The van der Waals surface area contributed by atoms with Gasteiger partial charge in [-0.1, -0.05) is 12.1 Å². The molecule has 0 fully saturated rings. The molecule has 2 rings (SSSR count). The zero-order valence-corrected chi connectivity index (χ0v) is 13.6. The topological polar surface area (TPSA) is 42.2 Å². The van der Waals surface area contributed by atoms with Crippen molar-refractivity contribution in [3.63, 3.8) is 0 Å². The number of nitriles is 1. The van der Waals surface area contributed by atoms with E-state index in [-0.39, 0.29) is 5.82 Å². The van der Waals surface area contributed by atoms with Gasteiger partial charge in [0, 0.05) is 11.6 Å². The summed E-state index contributed by atoms with van der Waals surface area (Å²) in [7, 11) is 3.09. The van der Waals surface area contributed by atoms with Crippen molar-refractivity contribution in [3.05, 3.63) is 57.8 Å². The molecule has 22 heavy (non-hydrogen) atoms. The summed E-state index contributed by atoms with van der Waals surface area (Å²) in [5.41, 5.74) is 1.54. The molecule has 0 saturated carbocycles. The van der Waals surface area contributed by atoms with Crippen LogP contribution in [0.5, 0.6) is 11.5 Å². The summed E-state index contributed by atoms with van der Waals surface area (Å²) in [6.07, 6.45) is 1.65. The smallest absolute Gasteiger partial charge is 0.136 e. The van der Waals surface area contributed by atoms with E-state index >= 15 is 0 Å². The first-order chi connectivity index (χ1) is 10.6. The summed E-state index contributed by atoms with van der Waals surface area (Å²) in [6, 6.07) is 11.5. The van der Waals surface area contributed by atoms with Crippen LogP contribution in [-0.4, -0.2) is 14.2 Å². The summed E-state index contributed by atoms with van der Waals surface area (Å²) >= 11 is 3.40. The number of hydrogen-bond donors (Lipinski definition) is 0. The minimum atomic E-state index is -0.387. The van der Waals surface area contributed by atoms with E-state index in [0.717, 1.165) is 4.47 Å². The van der Waals surface area contributed by atoms with E-state index in [1.807, 2.05) is 0 Å². The molecule has 0 aromatic heterocycles. The highest BCUT2D eigenvalue weighted by molar-refractivity contribution is 9.10. The van der Waals surface area contributed by atoms with Crippen LogP contribution in [0.2, 0.25) is 0 Å². The third kappa shape index (κ3) is 3.46. The highest BCUT2D eigenvalue weighted by Crippen LogP contribution is 2.34. The van der Waals surface area contributed by atoms with E-state index in [9.17, 15) is 9.65 Å². The fraction of sp³-hybridized carbons (Fsp3) is 0.118. The van der Waals surface area contributed by atoms with Crippen LogP contribution in [0.15, 0.2) is 40.9 Å². The minimum Gasteiger partial charge on any atom is -0.496 e. The zero-order valence-electron chi connectivity index (χ0n) is 12.1. The molecule has 2 aromatic rings. The molecule has 0 aliphatic carbocycles. The first-order valence-electron chi connectivity index (χ1n) is 6.38. The van der Waals surface area contributed by atoms with Gasteiger partial charge in [-0.25, -0.2) is 4.39 Å². The van der Waals surface area contributed by atoms with Crippen LogP contribution in [0, 0.1) is 17.1 Å².